The lowest BCUT2D eigenvalue weighted by atomic mass is 10.2. The number of ether oxygens (including phenoxy) is 1. The largest absolute Gasteiger partial charge is 0.497 e. The van der Waals surface area contributed by atoms with Gasteiger partial charge in [-0.15, -0.1) is 0 Å². The minimum absolute atomic E-state index is 0.190. The van der Waals surface area contributed by atoms with Crippen molar-refractivity contribution in [3.63, 3.8) is 0 Å². The summed E-state index contributed by atoms with van der Waals surface area (Å²) in [6.07, 6.45) is 0. The number of hydrogen-bond acceptors (Lipinski definition) is 2. The summed E-state index contributed by atoms with van der Waals surface area (Å²) >= 11 is 4.86. The van der Waals surface area contributed by atoms with E-state index in [1.807, 2.05) is 54.6 Å². The van der Waals surface area contributed by atoms with Crippen LogP contribution in [0, 0.1) is 11.8 Å². The number of rotatable bonds is 3. The molecule has 0 aromatic heterocycles. The highest BCUT2D eigenvalue weighted by Gasteiger charge is 2.08. The zero-order valence-electron chi connectivity index (χ0n) is 11.6. The first-order valence-electron chi connectivity index (χ1n) is 6.39. The van der Waals surface area contributed by atoms with E-state index in [4.69, 9.17) is 17.0 Å². The molecule has 0 unspecified atom stereocenters. The highest BCUT2D eigenvalue weighted by molar-refractivity contribution is 7.80. The average Bonchev–Trinajstić information content (AvgIpc) is 2.52. The predicted molar refractivity (Wildman–Crippen MR) is 88.9 cm³/mol. The normalized spacial score (nSPS) is 9.38. The first-order chi connectivity index (χ1) is 10.2. The number of anilines is 1. The average molecular weight is 297 g/mol. The Bertz CT molecular complexity index is 657. The lowest BCUT2D eigenvalue weighted by Gasteiger charge is -2.18. The van der Waals surface area contributed by atoms with Gasteiger partial charge in [0.05, 0.1) is 13.7 Å². The van der Waals surface area contributed by atoms with Crippen LogP contribution in [0.3, 0.4) is 0 Å². The van der Waals surface area contributed by atoms with Gasteiger partial charge in [-0.3, -0.25) is 4.90 Å². The van der Waals surface area contributed by atoms with Crippen molar-refractivity contribution < 1.29 is 9.84 Å². The van der Waals surface area contributed by atoms with Gasteiger partial charge >= 0.3 is 0 Å². The number of thiocarbonyl (C=S) groups is 1. The van der Waals surface area contributed by atoms with Gasteiger partial charge in [0, 0.05) is 11.3 Å². The number of methoxy groups -OCH3 is 1. The third-order valence-electron chi connectivity index (χ3n) is 2.86. The molecule has 0 radical (unpaired) electrons. The first-order valence-corrected chi connectivity index (χ1v) is 6.80. The fourth-order valence-electron chi connectivity index (χ4n) is 1.77. The van der Waals surface area contributed by atoms with Crippen molar-refractivity contribution in [3.8, 4) is 17.6 Å². The van der Waals surface area contributed by atoms with E-state index in [0.717, 1.165) is 17.0 Å². The third kappa shape index (κ3) is 4.23. The Morgan fingerprint density at radius 1 is 1.14 bits per heavy atom. The van der Waals surface area contributed by atoms with Gasteiger partial charge in [-0.1, -0.05) is 30.0 Å². The molecule has 2 aromatic carbocycles. The smallest absolute Gasteiger partial charge is 0.262 e. The van der Waals surface area contributed by atoms with E-state index in [-0.39, 0.29) is 5.17 Å². The Kier molecular flexibility index (Phi) is 5.19. The first kappa shape index (κ1) is 14.9. The van der Waals surface area contributed by atoms with E-state index >= 15 is 0 Å². The maximum atomic E-state index is 9.60. The van der Waals surface area contributed by atoms with Crippen molar-refractivity contribution >= 4 is 23.1 Å². The van der Waals surface area contributed by atoms with Gasteiger partial charge in [0.2, 0.25) is 0 Å². The second-order valence-electron chi connectivity index (χ2n) is 4.23. The van der Waals surface area contributed by atoms with E-state index in [9.17, 15) is 5.11 Å². The summed E-state index contributed by atoms with van der Waals surface area (Å²) in [5, 5.41) is 9.41. The van der Waals surface area contributed by atoms with E-state index in [0.29, 0.717) is 6.54 Å². The van der Waals surface area contributed by atoms with E-state index in [2.05, 4.69) is 11.8 Å². The van der Waals surface area contributed by atoms with Gasteiger partial charge < -0.3 is 9.84 Å². The van der Waals surface area contributed by atoms with Crippen molar-refractivity contribution in [3.05, 3.63) is 60.2 Å². The molecule has 0 fully saturated rings. The fraction of sp³-hybridized carbons (Fsp3) is 0.118. The molecule has 106 valence electrons. The maximum absolute atomic E-state index is 9.60. The number of para-hydroxylation sites is 1. The minimum atomic E-state index is -0.190. The zero-order chi connectivity index (χ0) is 15.1. The second-order valence-corrected chi connectivity index (χ2v) is 4.60. The van der Waals surface area contributed by atoms with Crippen LogP contribution in [0.4, 0.5) is 5.69 Å². The summed E-state index contributed by atoms with van der Waals surface area (Å²) in [4.78, 5) is 1.58. The number of benzene rings is 2. The zero-order valence-corrected chi connectivity index (χ0v) is 12.4. The molecule has 0 bridgehead atoms. The van der Waals surface area contributed by atoms with Crippen LogP contribution in [0.1, 0.15) is 5.56 Å². The Labute approximate surface area is 129 Å². The number of nitrogens with zero attached hydrogens (tertiary/aromatic N) is 1. The standard InChI is InChI=1S/C17H15NO2S/c1-20-16-11-9-14(10-12-16)6-5-13-18(17(19)21)15-7-3-2-4-8-15/h2-4,7-12H,13H2,1H3,(H,19,21). The molecule has 0 aliphatic carbocycles. The van der Waals surface area contributed by atoms with Crippen molar-refractivity contribution in [2.45, 2.75) is 0 Å². The van der Waals surface area contributed by atoms with Crippen molar-refractivity contribution in [2.75, 3.05) is 18.6 Å². The van der Waals surface area contributed by atoms with Crippen molar-refractivity contribution in [1.82, 2.24) is 0 Å². The van der Waals surface area contributed by atoms with Crippen molar-refractivity contribution in [2.24, 2.45) is 0 Å². The molecule has 3 nitrogen and oxygen atoms in total. The third-order valence-corrected chi connectivity index (χ3v) is 3.08. The van der Waals surface area contributed by atoms with E-state index < -0.39 is 0 Å². The van der Waals surface area contributed by atoms with Crippen LogP contribution in [-0.2, 0) is 0 Å². The van der Waals surface area contributed by atoms with E-state index in [1.54, 1.807) is 12.0 Å². The Morgan fingerprint density at radius 2 is 1.81 bits per heavy atom. The van der Waals surface area contributed by atoms with Crippen LogP contribution in [0.5, 0.6) is 5.75 Å². The molecule has 0 spiro atoms. The van der Waals surface area contributed by atoms with Crippen LogP contribution in [-0.4, -0.2) is 23.9 Å². The SMILES string of the molecule is COc1ccc(C#CCN(C(O)=S)c2ccccc2)cc1. The molecule has 0 saturated heterocycles. The molecule has 0 aliphatic rings. The van der Waals surface area contributed by atoms with Gasteiger partial charge in [-0.05, 0) is 48.6 Å². The summed E-state index contributed by atoms with van der Waals surface area (Å²) in [5.41, 5.74) is 1.70. The van der Waals surface area contributed by atoms with E-state index in [1.165, 1.54) is 0 Å². The van der Waals surface area contributed by atoms with Gasteiger partial charge in [0.25, 0.3) is 5.17 Å². The molecular formula is C17H15NO2S. The lowest BCUT2D eigenvalue weighted by molar-refractivity contribution is 0.415. The quantitative estimate of drug-likeness (QED) is 0.695. The lowest BCUT2D eigenvalue weighted by Crippen LogP contribution is -2.29. The summed E-state index contributed by atoms with van der Waals surface area (Å²) in [7, 11) is 1.63. The van der Waals surface area contributed by atoms with Crippen LogP contribution in [0.15, 0.2) is 54.6 Å². The van der Waals surface area contributed by atoms with Crippen LogP contribution >= 0.6 is 12.2 Å². The summed E-state index contributed by atoms with van der Waals surface area (Å²) in [5.74, 6) is 6.83. The molecule has 0 saturated carbocycles. The van der Waals surface area contributed by atoms with Gasteiger partial charge in [-0.2, -0.15) is 0 Å². The second kappa shape index (κ2) is 7.32. The highest BCUT2D eigenvalue weighted by Crippen LogP contribution is 2.13. The van der Waals surface area contributed by atoms with Crippen LogP contribution in [0.2, 0.25) is 0 Å². The number of aliphatic hydroxyl groups is 1. The topological polar surface area (TPSA) is 32.7 Å². The van der Waals surface area contributed by atoms with Gasteiger partial charge in [-0.25, -0.2) is 0 Å². The molecule has 4 heteroatoms. The minimum Gasteiger partial charge on any atom is -0.497 e. The summed E-state index contributed by atoms with van der Waals surface area (Å²) < 4.78 is 5.09. The molecule has 2 aromatic rings. The van der Waals surface area contributed by atoms with Gasteiger partial charge in [0.1, 0.15) is 5.75 Å². The Morgan fingerprint density at radius 3 is 2.38 bits per heavy atom. The summed E-state index contributed by atoms with van der Waals surface area (Å²) in [6, 6.07) is 16.9. The maximum Gasteiger partial charge on any atom is 0.262 e. The number of aliphatic hydroxyl groups excluding tert-OH is 1. The molecule has 21 heavy (non-hydrogen) atoms. The Hall–Kier alpha value is -2.51. The summed E-state index contributed by atoms with van der Waals surface area (Å²) in [6.45, 7) is 0.325. The highest BCUT2D eigenvalue weighted by atomic mass is 32.1. The molecule has 0 aliphatic heterocycles. The Balaban J connectivity index is 2.09. The fourth-order valence-corrected chi connectivity index (χ4v) is 1.94. The van der Waals surface area contributed by atoms with Crippen LogP contribution < -0.4 is 9.64 Å². The molecule has 1 N–H and O–H groups in total. The molecule has 0 heterocycles. The monoisotopic (exact) mass is 297 g/mol. The van der Waals surface area contributed by atoms with Crippen molar-refractivity contribution in [1.29, 1.82) is 0 Å². The number of hydrogen-bond donors (Lipinski definition) is 1. The van der Waals surface area contributed by atoms with Crippen LogP contribution in [0.25, 0.3) is 0 Å². The molecule has 0 amide bonds. The van der Waals surface area contributed by atoms with Gasteiger partial charge in [0.15, 0.2) is 0 Å². The predicted octanol–water partition coefficient (Wildman–Crippen LogP) is 3.40. The molecular weight excluding hydrogens is 282 g/mol. The molecule has 0 atom stereocenters. The molecule has 2 rings (SSSR count).